The molecule has 0 radical (unpaired) electrons. The smallest absolute Gasteiger partial charge is 0.387 e. The third kappa shape index (κ3) is 3.97. The molecule has 0 amide bonds. The summed E-state index contributed by atoms with van der Waals surface area (Å²) in [5.74, 6) is -0.138. The summed E-state index contributed by atoms with van der Waals surface area (Å²) >= 11 is 0. The van der Waals surface area contributed by atoms with Crippen LogP contribution in [0.3, 0.4) is 0 Å². The molecule has 27 heavy (non-hydrogen) atoms. The summed E-state index contributed by atoms with van der Waals surface area (Å²) in [5.41, 5.74) is 2.00. The zero-order chi connectivity index (χ0) is 19.6. The zero-order valence-electron chi connectivity index (χ0n) is 14.9. The maximum absolute atomic E-state index is 12.7. The topological polar surface area (TPSA) is 79.4 Å². The predicted molar refractivity (Wildman–Crippen MR) is 91.1 cm³/mol. The van der Waals surface area contributed by atoms with Crippen LogP contribution in [-0.4, -0.2) is 34.0 Å². The molecule has 0 bridgehead atoms. The number of halogens is 2. The summed E-state index contributed by atoms with van der Waals surface area (Å²) in [5, 5.41) is 4.30. The van der Waals surface area contributed by atoms with Crippen molar-refractivity contribution in [1.29, 1.82) is 0 Å². The van der Waals surface area contributed by atoms with Crippen LogP contribution in [0.15, 0.2) is 35.1 Å². The summed E-state index contributed by atoms with van der Waals surface area (Å²) in [6.45, 7) is 2.30. The van der Waals surface area contributed by atoms with Gasteiger partial charge in [-0.15, -0.1) is 0 Å². The minimum absolute atomic E-state index is 0.0449. The number of hydrogen-bond acceptors (Lipinski definition) is 6. The molecular formula is C18H17F2N3O4. The fourth-order valence-electron chi connectivity index (χ4n) is 2.55. The third-order valence-electron chi connectivity index (χ3n) is 3.73. The molecule has 0 fully saturated rings. The molecule has 0 atom stereocenters. The highest BCUT2D eigenvalue weighted by atomic mass is 19.3. The van der Waals surface area contributed by atoms with Gasteiger partial charge in [-0.1, -0.05) is 0 Å². The molecule has 1 aromatic carbocycles. The van der Waals surface area contributed by atoms with Crippen LogP contribution in [0.5, 0.6) is 5.75 Å². The van der Waals surface area contributed by atoms with Gasteiger partial charge in [0.2, 0.25) is 0 Å². The summed E-state index contributed by atoms with van der Waals surface area (Å²) in [6, 6.07) is 4.52. The third-order valence-corrected chi connectivity index (χ3v) is 3.73. The molecule has 2 aromatic heterocycles. The first-order valence-electron chi connectivity index (χ1n) is 8.14. The second-order valence-electron chi connectivity index (χ2n) is 5.60. The van der Waals surface area contributed by atoms with E-state index in [-0.39, 0.29) is 12.4 Å². The van der Waals surface area contributed by atoms with Crippen LogP contribution >= 0.6 is 0 Å². The largest absolute Gasteiger partial charge is 0.462 e. The lowest BCUT2D eigenvalue weighted by molar-refractivity contribution is -0.0494. The van der Waals surface area contributed by atoms with Crippen molar-refractivity contribution in [3.8, 4) is 22.7 Å². The number of ether oxygens (including phenoxy) is 2. The highest BCUT2D eigenvalue weighted by Gasteiger charge is 2.18. The van der Waals surface area contributed by atoms with E-state index in [0.29, 0.717) is 34.1 Å². The first-order valence-corrected chi connectivity index (χ1v) is 8.14. The number of hydrogen-bond donors (Lipinski definition) is 0. The van der Waals surface area contributed by atoms with E-state index in [4.69, 9.17) is 9.15 Å². The maximum atomic E-state index is 12.7. The lowest BCUT2D eigenvalue weighted by Crippen LogP contribution is -2.05. The molecule has 0 unspecified atom stereocenters. The number of rotatable bonds is 6. The molecule has 0 spiro atoms. The van der Waals surface area contributed by atoms with Crippen molar-refractivity contribution in [3.63, 3.8) is 0 Å². The number of aryl methyl sites for hydroxylation is 2. The van der Waals surface area contributed by atoms with E-state index >= 15 is 0 Å². The quantitative estimate of drug-likeness (QED) is 0.606. The Balaban J connectivity index is 2.04. The molecule has 3 aromatic rings. The van der Waals surface area contributed by atoms with E-state index in [9.17, 15) is 13.6 Å². The van der Waals surface area contributed by atoms with E-state index in [1.807, 2.05) is 0 Å². The van der Waals surface area contributed by atoms with Crippen LogP contribution in [0.4, 0.5) is 8.78 Å². The van der Waals surface area contributed by atoms with E-state index in [1.165, 1.54) is 23.2 Å². The lowest BCUT2D eigenvalue weighted by atomic mass is 10.1. The van der Waals surface area contributed by atoms with E-state index in [1.54, 1.807) is 32.9 Å². The Kier molecular flexibility index (Phi) is 5.20. The number of esters is 1. The standard InChI is InChI=1S/C18H17F2N3O4/c1-4-25-17(24)14-8-23(22-10(14)2)12-5-6-16(27-18(19)20)13(7-12)15-9-26-11(3)21-15/h5-9,18H,4H2,1-3H3. The van der Waals surface area contributed by atoms with Crippen LogP contribution in [0.1, 0.15) is 28.9 Å². The predicted octanol–water partition coefficient (Wildman–Crippen LogP) is 3.92. The van der Waals surface area contributed by atoms with Gasteiger partial charge in [0.15, 0.2) is 5.89 Å². The van der Waals surface area contributed by atoms with E-state index in [0.717, 1.165) is 0 Å². The number of aromatic nitrogens is 3. The van der Waals surface area contributed by atoms with Gasteiger partial charge in [-0.2, -0.15) is 13.9 Å². The molecule has 0 N–H and O–H groups in total. The fourth-order valence-corrected chi connectivity index (χ4v) is 2.55. The van der Waals surface area contributed by atoms with Crippen molar-refractivity contribution in [1.82, 2.24) is 14.8 Å². The van der Waals surface area contributed by atoms with Gasteiger partial charge in [0.1, 0.15) is 23.3 Å². The van der Waals surface area contributed by atoms with Gasteiger partial charge in [-0.25, -0.2) is 14.5 Å². The zero-order valence-corrected chi connectivity index (χ0v) is 14.9. The first-order chi connectivity index (χ1) is 12.9. The van der Waals surface area contributed by atoms with E-state index in [2.05, 4.69) is 14.8 Å². The molecule has 0 saturated carbocycles. The number of nitrogens with zero attached hydrogens (tertiary/aromatic N) is 3. The van der Waals surface area contributed by atoms with Crippen molar-refractivity contribution >= 4 is 5.97 Å². The average molecular weight is 377 g/mol. The summed E-state index contributed by atoms with van der Waals surface area (Å²) in [6.07, 6.45) is 2.87. The van der Waals surface area contributed by atoms with Crippen molar-refractivity contribution < 1.29 is 27.5 Å². The first kappa shape index (κ1) is 18.6. The minimum atomic E-state index is -2.98. The van der Waals surface area contributed by atoms with Gasteiger partial charge in [0.05, 0.1) is 18.0 Å². The number of carbonyl (C=O) groups excluding carboxylic acids is 1. The van der Waals surface area contributed by atoms with Gasteiger partial charge in [-0.05, 0) is 32.0 Å². The van der Waals surface area contributed by atoms with Crippen LogP contribution in [0.2, 0.25) is 0 Å². The minimum Gasteiger partial charge on any atom is -0.462 e. The molecule has 0 saturated heterocycles. The molecule has 0 aliphatic carbocycles. The second kappa shape index (κ2) is 7.56. The Morgan fingerprint density at radius 2 is 2.11 bits per heavy atom. The average Bonchev–Trinajstić information content (AvgIpc) is 3.21. The molecule has 142 valence electrons. The van der Waals surface area contributed by atoms with Crippen molar-refractivity contribution in [2.24, 2.45) is 0 Å². The summed E-state index contributed by atoms with van der Waals surface area (Å²) in [4.78, 5) is 16.1. The molecule has 3 rings (SSSR count). The van der Waals surface area contributed by atoms with Gasteiger partial charge >= 0.3 is 12.6 Å². The van der Waals surface area contributed by atoms with Crippen molar-refractivity contribution in [2.75, 3.05) is 6.61 Å². The Labute approximate surface area is 153 Å². The van der Waals surface area contributed by atoms with Crippen LogP contribution < -0.4 is 4.74 Å². The molecule has 0 aliphatic rings. The van der Waals surface area contributed by atoms with Gasteiger partial charge in [0, 0.05) is 18.7 Å². The molecule has 2 heterocycles. The van der Waals surface area contributed by atoms with Crippen molar-refractivity contribution in [2.45, 2.75) is 27.4 Å². The molecule has 7 nitrogen and oxygen atoms in total. The number of carbonyl (C=O) groups is 1. The molecule has 9 heteroatoms. The maximum Gasteiger partial charge on any atom is 0.387 e. The molecule has 0 aliphatic heterocycles. The Morgan fingerprint density at radius 3 is 2.74 bits per heavy atom. The monoisotopic (exact) mass is 377 g/mol. The fraction of sp³-hybridized carbons (Fsp3) is 0.278. The number of alkyl halides is 2. The van der Waals surface area contributed by atoms with Crippen LogP contribution in [0.25, 0.3) is 16.9 Å². The molecular weight excluding hydrogens is 360 g/mol. The number of benzene rings is 1. The summed E-state index contributed by atoms with van der Waals surface area (Å²) < 4.78 is 41.7. The SMILES string of the molecule is CCOC(=O)c1cn(-c2ccc(OC(F)F)c(-c3coc(C)n3)c2)nc1C. The second-order valence-corrected chi connectivity index (χ2v) is 5.60. The van der Waals surface area contributed by atoms with Crippen LogP contribution in [-0.2, 0) is 4.74 Å². The van der Waals surface area contributed by atoms with Crippen molar-refractivity contribution in [3.05, 3.63) is 47.8 Å². The van der Waals surface area contributed by atoms with Gasteiger partial charge in [0.25, 0.3) is 0 Å². The highest BCUT2D eigenvalue weighted by Crippen LogP contribution is 2.33. The normalized spacial score (nSPS) is 11.0. The van der Waals surface area contributed by atoms with E-state index < -0.39 is 12.6 Å². The lowest BCUT2D eigenvalue weighted by Gasteiger charge is -2.11. The van der Waals surface area contributed by atoms with Crippen LogP contribution in [0, 0.1) is 13.8 Å². The Morgan fingerprint density at radius 1 is 1.33 bits per heavy atom. The highest BCUT2D eigenvalue weighted by molar-refractivity contribution is 5.90. The van der Waals surface area contributed by atoms with Gasteiger partial charge < -0.3 is 13.9 Å². The Bertz CT molecular complexity index is 965. The van der Waals surface area contributed by atoms with Gasteiger partial charge in [-0.3, -0.25) is 0 Å². The summed E-state index contributed by atoms with van der Waals surface area (Å²) in [7, 11) is 0. The Hall–Kier alpha value is -3.23. The number of oxazole rings is 1.